The number of aromatic nitrogens is 4. The van der Waals surface area contributed by atoms with E-state index in [0.717, 1.165) is 18.7 Å². The molecule has 2 aromatic heterocycles. The lowest BCUT2D eigenvalue weighted by Crippen LogP contribution is -2.08. The minimum atomic E-state index is 0.537. The van der Waals surface area contributed by atoms with Crippen molar-refractivity contribution in [2.45, 2.75) is 44.9 Å². The normalized spacial score (nSPS) is 14.4. The van der Waals surface area contributed by atoms with Gasteiger partial charge in [0.25, 0.3) is 0 Å². The number of hydrogen-bond donors (Lipinski definition) is 1. The number of hydrogen-bond acceptors (Lipinski definition) is 6. The minimum absolute atomic E-state index is 0.537. The molecule has 2 aromatic rings. The molecule has 0 amide bonds. The monoisotopic (exact) mass is 273 g/mol. The molecule has 3 rings (SSSR count). The van der Waals surface area contributed by atoms with Crippen LogP contribution in [0.1, 0.15) is 49.4 Å². The van der Waals surface area contributed by atoms with Crippen molar-refractivity contribution in [1.82, 2.24) is 20.1 Å². The van der Waals surface area contributed by atoms with E-state index in [1.807, 2.05) is 12.4 Å². The van der Waals surface area contributed by atoms with Crippen LogP contribution in [0.2, 0.25) is 0 Å². The Balaban J connectivity index is 1.46. The van der Waals surface area contributed by atoms with Crippen molar-refractivity contribution in [3.63, 3.8) is 0 Å². The van der Waals surface area contributed by atoms with Gasteiger partial charge in [-0.3, -0.25) is 0 Å². The first-order chi connectivity index (χ1) is 9.85. The topological polar surface area (TPSA) is 76.7 Å². The molecule has 1 N–H and O–H groups in total. The molecule has 0 atom stereocenters. The molecule has 0 radical (unpaired) electrons. The molecule has 1 fully saturated rings. The Morgan fingerprint density at radius 1 is 1.25 bits per heavy atom. The van der Waals surface area contributed by atoms with Gasteiger partial charge in [-0.1, -0.05) is 18.5 Å². The van der Waals surface area contributed by atoms with Crippen LogP contribution in [-0.4, -0.2) is 26.7 Å². The second kappa shape index (κ2) is 5.98. The maximum absolute atomic E-state index is 5.21. The highest BCUT2D eigenvalue weighted by molar-refractivity contribution is 5.24. The van der Waals surface area contributed by atoms with Crippen LogP contribution in [0, 0.1) is 0 Å². The van der Waals surface area contributed by atoms with Crippen LogP contribution >= 0.6 is 0 Å². The van der Waals surface area contributed by atoms with E-state index in [-0.39, 0.29) is 0 Å². The lowest BCUT2D eigenvalue weighted by molar-refractivity contribution is 0.375. The number of nitrogens with zero attached hydrogens (tertiary/aromatic N) is 4. The molecule has 0 saturated heterocycles. The predicted molar refractivity (Wildman–Crippen MR) is 74.5 cm³/mol. The predicted octanol–water partition coefficient (Wildman–Crippen LogP) is 2.34. The fourth-order valence-electron chi connectivity index (χ4n) is 2.02. The molecule has 106 valence electrons. The number of nitrogens with one attached hydrogen (secondary N) is 1. The molecule has 6 nitrogen and oxygen atoms in total. The first-order valence-corrected chi connectivity index (χ1v) is 7.22. The van der Waals surface area contributed by atoms with Gasteiger partial charge in [0.1, 0.15) is 0 Å². The van der Waals surface area contributed by atoms with Gasteiger partial charge in [-0.15, -0.1) is 0 Å². The Morgan fingerprint density at radius 2 is 2.05 bits per heavy atom. The summed E-state index contributed by atoms with van der Waals surface area (Å²) in [5.74, 6) is 2.73. The molecule has 0 bridgehead atoms. The SMILES string of the molecule is CCCc1cnc(NCCc2nc(C3CC3)no2)nc1. The highest BCUT2D eigenvalue weighted by Crippen LogP contribution is 2.38. The second-order valence-electron chi connectivity index (χ2n) is 5.16. The molecule has 2 heterocycles. The average molecular weight is 273 g/mol. The van der Waals surface area contributed by atoms with Gasteiger partial charge >= 0.3 is 0 Å². The fraction of sp³-hybridized carbons (Fsp3) is 0.571. The Bertz CT molecular complexity index is 547. The molecule has 1 aliphatic rings. The first-order valence-electron chi connectivity index (χ1n) is 7.22. The zero-order chi connectivity index (χ0) is 13.8. The van der Waals surface area contributed by atoms with Crippen LogP contribution in [0.5, 0.6) is 0 Å². The first kappa shape index (κ1) is 13.0. The molecule has 6 heteroatoms. The lowest BCUT2D eigenvalue weighted by Gasteiger charge is -2.03. The van der Waals surface area contributed by atoms with E-state index < -0.39 is 0 Å². The van der Waals surface area contributed by atoms with E-state index in [2.05, 4.69) is 32.3 Å². The van der Waals surface area contributed by atoms with Gasteiger partial charge in [0.05, 0.1) is 0 Å². The summed E-state index contributed by atoms with van der Waals surface area (Å²) in [5.41, 5.74) is 1.17. The number of anilines is 1. The molecular formula is C14H19N5O. The van der Waals surface area contributed by atoms with Crippen molar-refractivity contribution < 1.29 is 4.52 Å². The Morgan fingerprint density at radius 3 is 2.75 bits per heavy atom. The van der Waals surface area contributed by atoms with Crippen LogP contribution in [0.15, 0.2) is 16.9 Å². The van der Waals surface area contributed by atoms with Crippen LogP contribution in [0.4, 0.5) is 5.95 Å². The summed E-state index contributed by atoms with van der Waals surface area (Å²) < 4.78 is 5.21. The maximum Gasteiger partial charge on any atom is 0.228 e. The smallest absolute Gasteiger partial charge is 0.228 e. The van der Waals surface area contributed by atoms with Crippen LogP contribution < -0.4 is 5.32 Å². The summed E-state index contributed by atoms with van der Waals surface area (Å²) in [6.45, 7) is 2.84. The largest absolute Gasteiger partial charge is 0.354 e. The summed E-state index contributed by atoms with van der Waals surface area (Å²) >= 11 is 0. The van der Waals surface area contributed by atoms with Crippen molar-refractivity contribution >= 4 is 5.95 Å². The summed E-state index contributed by atoms with van der Waals surface area (Å²) in [7, 11) is 0. The van der Waals surface area contributed by atoms with Crippen molar-refractivity contribution in [3.8, 4) is 0 Å². The second-order valence-corrected chi connectivity index (χ2v) is 5.16. The molecular weight excluding hydrogens is 254 g/mol. The van der Waals surface area contributed by atoms with Gasteiger partial charge in [-0.2, -0.15) is 4.98 Å². The van der Waals surface area contributed by atoms with E-state index in [1.54, 1.807) is 0 Å². The zero-order valence-electron chi connectivity index (χ0n) is 11.7. The zero-order valence-corrected chi connectivity index (χ0v) is 11.7. The van der Waals surface area contributed by atoms with Crippen molar-refractivity contribution in [1.29, 1.82) is 0 Å². The summed E-state index contributed by atoms with van der Waals surface area (Å²) in [4.78, 5) is 12.9. The lowest BCUT2D eigenvalue weighted by atomic mass is 10.2. The highest BCUT2D eigenvalue weighted by Gasteiger charge is 2.28. The standard InChI is InChI=1S/C14H19N5O/c1-2-3-10-8-16-14(17-9-10)15-7-6-12-18-13(19-20-12)11-4-5-11/h8-9,11H,2-7H2,1H3,(H,15,16,17). The Kier molecular flexibility index (Phi) is 3.90. The molecule has 0 aliphatic heterocycles. The van der Waals surface area contributed by atoms with Crippen LogP contribution in [0.25, 0.3) is 0 Å². The van der Waals surface area contributed by atoms with Crippen LogP contribution in [-0.2, 0) is 12.8 Å². The third-order valence-electron chi connectivity index (χ3n) is 3.29. The average Bonchev–Trinajstić information content (AvgIpc) is 3.21. The Hall–Kier alpha value is -1.98. The fourth-order valence-corrected chi connectivity index (χ4v) is 2.02. The minimum Gasteiger partial charge on any atom is -0.354 e. The van der Waals surface area contributed by atoms with Gasteiger partial charge in [0.15, 0.2) is 5.82 Å². The van der Waals surface area contributed by atoms with Gasteiger partial charge in [-0.25, -0.2) is 9.97 Å². The van der Waals surface area contributed by atoms with Gasteiger partial charge in [0.2, 0.25) is 11.8 Å². The number of rotatable bonds is 7. The van der Waals surface area contributed by atoms with E-state index in [9.17, 15) is 0 Å². The molecule has 1 saturated carbocycles. The van der Waals surface area contributed by atoms with E-state index in [0.29, 0.717) is 30.7 Å². The summed E-state index contributed by atoms with van der Waals surface area (Å²) in [6.07, 6.45) is 8.94. The number of aryl methyl sites for hydroxylation is 1. The molecule has 20 heavy (non-hydrogen) atoms. The quantitative estimate of drug-likeness (QED) is 0.834. The van der Waals surface area contributed by atoms with Gasteiger partial charge in [0, 0.05) is 31.3 Å². The summed E-state index contributed by atoms with van der Waals surface area (Å²) in [5, 5.41) is 7.16. The van der Waals surface area contributed by atoms with Crippen LogP contribution in [0.3, 0.4) is 0 Å². The highest BCUT2D eigenvalue weighted by atomic mass is 16.5. The summed E-state index contributed by atoms with van der Waals surface area (Å²) in [6, 6.07) is 0. The van der Waals surface area contributed by atoms with Crippen molar-refractivity contribution in [2.75, 3.05) is 11.9 Å². The maximum atomic E-state index is 5.21. The van der Waals surface area contributed by atoms with E-state index in [4.69, 9.17) is 4.52 Å². The third kappa shape index (κ3) is 3.31. The van der Waals surface area contributed by atoms with E-state index in [1.165, 1.54) is 18.4 Å². The van der Waals surface area contributed by atoms with Crippen molar-refractivity contribution in [2.24, 2.45) is 0 Å². The van der Waals surface area contributed by atoms with Crippen molar-refractivity contribution in [3.05, 3.63) is 29.7 Å². The van der Waals surface area contributed by atoms with E-state index >= 15 is 0 Å². The Labute approximate surface area is 118 Å². The molecule has 0 aromatic carbocycles. The molecule has 0 unspecified atom stereocenters. The molecule has 1 aliphatic carbocycles. The van der Waals surface area contributed by atoms with Gasteiger partial charge in [-0.05, 0) is 24.8 Å². The molecule has 0 spiro atoms. The third-order valence-corrected chi connectivity index (χ3v) is 3.29. The van der Waals surface area contributed by atoms with Gasteiger partial charge < -0.3 is 9.84 Å².